The fourth-order valence-corrected chi connectivity index (χ4v) is 3.33. The minimum atomic E-state index is -0.140. The first-order chi connectivity index (χ1) is 8.31. The summed E-state index contributed by atoms with van der Waals surface area (Å²) in [7, 11) is 0. The summed E-state index contributed by atoms with van der Waals surface area (Å²) in [6.45, 7) is 3.65. The Morgan fingerprint density at radius 2 is 2.18 bits per heavy atom. The maximum Gasteiger partial charge on any atom is 0.137 e. The lowest BCUT2D eigenvalue weighted by molar-refractivity contribution is 0.591. The number of nitrogens with one attached hydrogen (secondary N) is 1. The second kappa shape index (κ2) is 6.19. The highest BCUT2D eigenvalue weighted by Crippen LogP contribution is 2.35. The van der Waals surface area contributed by atoms with E-state index in [1.54, 1.807) is 17.4 Å². The zero-order valence-corrected chi connectivity index (χ0v) is 11.2. The van der Waals surface area contributed by atoms with Gasteiger partial charge in [-0.05, 0) is 29.6 Å². The molecule has 1 N–H and O–H groups in total. The van der Waals surface area contributed by atoms with E-state index in [1.807, 2.05) is 30.5 Å². The predicted octanol–water partition coefficient (Wildman–Crippen LogP) is 4.15. The Labute approximate surface area is 109 Å². The second-order valence-corrected chi connectivity index (χ2v) is 5.80. The van der Waals surface area contributed by atoms with E-state index in [4.69, 9.17) is 0 Å². The molecule has 90 valence electrons. The van der Waals surface area contributed by atoms with Crippen molar-refractivity contribution < 1.29 is 4.39 Å². The molecule has 0 radical (unpaired) electrons. The highest BCUT2D eigenvalue weighted by molar-refractivity contribution is 8.01. The van der Waals surface area contributed by atoms with Crippen molar-refractivity contribution in [2.75, 3.05) is 6.54 Å². The third-order valence-electron chi connectivity index (χ3n) is 2.31. The van der Waals surface area contributed by atoms with Gasteiger partial charge in [-0.25, -0.2) is 4.39 Å². The number of halogens is 1. The quantitative estimate of drug-likeness (QED) is 0.873. The summed E-state index contributed by atoms with van der Waals surface area (Å²) in [5.41, 5.74) is 1.02. The van der Waals surface area contributed by atoms with Crippen molar-refractivity contribution in [2.24, 2.45) is 0 Å². The fraction of sp³-hybridized carbons (Fsp3) is 0.231. The Morgan fingerprint density at radius 3 is 2.88 bits per heavy atom. The molecule has 1 nitrogen and oxygen atoms in total. The average molecular weight is 267 g/mol. The van der Waals surface area contributed by atoms with Crippen molar-refractivity contribution in [2.45, 2.75) is 22.6 Å². The van der Waals surface area contributed by atoms with Crippen molar-refractivity contribution in [3.63, 3.8) is 0 Å². The maximum absolute atomic E-state index is 13.8. The van der Waals surface area contributed by atoms with Crippen LogP contribution >= 0.6 is 23.1 Å². The molecule has 0 unspecified atom stereocenters. The molecule has 0 fully saturated rings. The second-order valence-electron chi connectivity index (χ2n) is 3.54. The largest absolute Gasteiger partial charge is 0.313 e. The van der Waals surface area contributed by atoms with Crippen molar-refractivity contribution in [3.05, 3.63) is 47.1 Å². The number of hydrogen-bond donors (Lipinski definition) is 1. The van der Waals surface area contributed by atoms with Crippen LogP contribution in [0, 0.1) is 5.82 Å². The molecule has 4 heteroatoms. The topological polar surface area (TPSA) is 12.0 Å². The van der Waals surface area contributed by atoms with Crippen LogP contribution in [0.5, 0.6) is 0 Å². The van der Waals surface area contributed by atoms with E-state index in [-0.39, 0.29) is 5.82 Å². The minimum absolute atomic E-state index is 0.140. The van der Waals surface area contributed by atoms with Crippen molar-refractivity contribution in [1.29, 1.82) is 0 Å². The summed E-state index contributed by atoms with van der Waals surface area (Å²) in [5.74, 6) is -0.140. The molecule has 0 saturated carbocycles. The van der Waals surface area contributed by atoms with Crippen LogP contribution in [-0.4, -0.2) is 6.54 Å². The van der Waals surface area contributed by atoms with Gasteiger partial charge in [0.2, 0.25) is 0 Å². The molecule has 1 aromatic heterocycles. The van der Waals surface area contributed by atoms with E-state index < -0.39 is 0 Å². The van der Waals surface area contributed by atoms with Gasteiger partial charge < -0.3 is 5.32 Å². The van der Waals surface area contributed by atoms with Crippen LogP contribution in [0.15, 0.2) is 44.8 Å². The molecule has 0 aliphatic rings. The molecule has 1 heterocycles. The Kier molecular flexibility index (Phi) is 4.59. The molecule has 2 aromatic rings. The van der Waals surface area contributed by atoms with Crippen LogP contribution in [0.4, 0.5) is 4.39 Å². The highest BCUT2D eigenvalue weighted by Gasteiger charge is 2.10. The van der Waals surface area contributed by atoms with Gasteiger partial charge >= 0.3 is 0 Å². The standard InChI is InChI=1S/C13H14FNS2/c1-2-15-9-10-5-3-6-11(14)13(10)17-12-7-4-8-16-12/h3-8,15H,2,9H2,1H3. The Morgan fingerprint density at radius 1 is 1.29 bits per heavy atom. The van der Waals surface area contributed by atoms with Crippen LogP contribution in [0.3, 0.4) is 0 Å². The molecular weight excluding hydrogens is 253 g/mol. The number of benzene rings is 1. The third kappa shape index (κ3) is 3.31. The minimum Gasteiger partial charge on any atom is -0.313 e. The summed E-state index contributed by atoms with van der Waals surface area (Å²) < 4.78 is 14.9. The van der Waals surface area contributed by atoms with Crippen LogP contribution in [-0.2, 0) is 6.54 Å². The molecular formula is C13H14FNS2. The number of rotatable bonds is 5. The fourth-order valence-electron chi connectivity index (χ4n) is 1.49. The maximum atomic E-state index is 13.8. The third-order valence-corrected chi connectivity index (χ3v) is 4.51. The molecule has 0 aliphatic carbocycles. The van der Waals surface area contributed by atoms with Crippen LogP contribution in [0.1, 0.15) is 12.5 Å². The Hall–Kier alpha value is -0.840. The van der Waals surface area contributed by atoms with Gasteiger partial charge in [-0.15, -0.1) is 11.3 Å². The van der Waals surface area contributed by atoms with E-state index in [9.17, 15) is 4.39 Å². The van der Waals surface area contributed by atoms with Gasteiger partial charge in [0.1, 0.15) is 5.82 Å². The van der Waals surface area contributed by atoms with Gasteiger partial charge in [-0.3, -0.25) is 0 Å². The Balaban J connectivity index is 2.24. The van der Waals surface area contributed by atoms with Gasteiger partial charge in [0.05, 0.1) is 9.10 Å². The normalized spacial score (nSPS) is 10.7. The molecule has 0 spiro atoms. The van der Waals surface area contributed by atoms with Gasteiger partial charge in [-0.1, -0.05) is 36.9 Å². The van der Waals surface area contributed by atoms with Gasteiger partial charge in [0.25, 0.3) is 0 Å². The number of hydrogen-bond acceptors (Lipinski definition) is 3. The van der Waals surface area contributed by atoms with Gasteiger partial charge in [-0.2, -0.15) is 0 Å². The highest BCUT2D eigenvalue weighted by atomic mass is 32.2. The van der Waals surface area contributed by atoms with Crippen LogP contribution in [0.2, 0.25) is 0 Å². The molecule has 0 aliphatic heterocycles. The van der Waals surface area contributed by atoms with Crippen LogP contribution in [0.25, 0.3) is 0 Å². The lowest BCUT2D eigenvalue weighted by atomic mass is 10.2. The summed E-state index contributed by atoms with van der Waals surface area (Å²) >= 11 is 3.14. The zero-order chi connectivity index (χ0) is 12.1. The zero-order valence-electron chi connectivity index (χ0n) is 9.57. The van der Waals surface area contributed by atoms with E-state index in [0.717, 1.165) is 21.2 Å². The first-order valence-corrected chi connectivity index (χ1v) is 7.20. The SMILES string of the molecule is CCNCc1cccc(F)c1Sc1cccs1. The van der Waals surface area contributed by atoms with Crippen molar-refractivity contribution >= 4 is 23.1 Å². The van der Waals surface area contributed by atoms with E-state index in [0.29, 0.717) is 6.54 Å². The summed E-state index contributed by atoms with van der Waals surface area (Å²) in [6.07, 6.45) is 0. The van der Waals surface area contributed by atoms with Crippen molar-refractivity contribution in [3.8, 4) is 0 Å². The summed E-state index contributed by atoms with van der Waals surface area (Å²) in [5, 5.41) is 5.24. The van der Waals surface area contributed by atoms with Crippen molar-refractivity contribution in [1.82, 2.24) is 5.32 Å². The smallest absolute Gasteiger partial charge is 0.137 e. The van der Waals surface area contributed by atoms with E-state index >= 15 is 0 Å². The number of thiophene rings is 1. The van der Waals surface area contributed by atoms with E-state index in [1.165, 1.54) is 17.8 Å². The lowest BCUT2D eigenvalue weighted by Crippen LogP contribution is -2.12. The molecule has 0 atom stereocenters. The van der Waals surface area contributed by atoms with Crippen LogP contribution < -0.4 is 5.32 Å². The first kappa shape index (κ1) is 12.6. The van der Waals surface area contributed by atoms with Gasteiger partial charge in [0.15, 0.2) is 0 Å². The molecule has 17 heavy (non-hydrogen) atoms. The predicted molar refractivity (Wildman–Crippen MR) is 72.2 cm³/mol. The monoisotopic (exact) mass is 267 g/mol. The summed E-state index contributed by atoms with van der Waals surface area (Å²) in [4.78, 5) is 0.732. The van der Waals surface area contributed by atoms with E-state index in [2.05, 4.69) is 5.32 Å². The molecule has 0 amide bonds. The average Bonchev–Trinajstić information content (AvgIpc) is 2.83. The molecule has 1 aromatic carbocycles. The first-order valence-electron chi connectivity index (χ1n) is 5.50. The molecule has 2 rings (SSSR count). The molecule has 0 saturated heterocycles. The summed E-state index contributed by atoms with van der Waals surface area (Å²) in [6, 6.07) is 9.25. The molecule has 0 bridgehead atoms. The van der Waals surface area contributed by atoms with Gasteiger partial charge in [0, 0.05) is 6.54 Å². The Bertz CT molecular complexity index is 468. The lowest BCUT2D eigenvalue weighted by Gasteiger charge is -2.09.